The smallest absolute Gasteiger partial charge is 0.265 e. The van der Waals surface area contributed by atoms with E-state index >= 15 is 0 Å². The monoisotopic (exact) mass is 513 g/mol. The van der Waals surface area contributed by atoms with Crippen molar-refractivity contribution in [3.05, 3.63) is 89.5 Å². The van der Waals surface area contributed by atoms with Crippen LogP contribution in [0.5, 0.6) is 5.75 Å². The molecule has 0 aliphatic carbocycles. The summed E-state index contributed by atoms with van der Waals surface area (Å²) in [6.45, 7) is 3.49. The molecule has 5 N–H and O–H groups in total. The van der Waals surface area contributed by atoms with Crippen LogP contribution < -0.4 is 26.4 Å². The molecule has 10 nitrogen and oxygen atoms in total. The number of primary amides is 1. The van der Waals surface area contributed by atoms with Gasteiger partial charge >= 0.3 is 0 Å². The molecule has 0 aliphatic heterocycles. The standard InChI is InChI=1S/C28H27N5O5/c1-17-3-9-21(10-4-17)32-28(37)24(15-25(30)34)33-27(36)20-7-11-22(12-8-20)31-26(35)18(2)38-23-13-5-19(16-29)6-14-23/h3-14,18,24H,15H2,1-2H3,(H2,30,34)(H,31,35)(H,32,37)(H,33,36). The van der Waals surface area contributed by atoms with Crippen molar-refractivity contribution in [2.75, 3.05) is 10.6 Å². The number of nitriles is 1. The van der Waals surface area contributed by atoms with Gasteiger partial charge in [-0.15, -0.1) is 0 Å². The average Bonchev–Trinajstić information content (AvgIpc) is 2.90. The van der Waals surface area contributed by atoms with E-state index in [0.717, 1.165) is 5.56 Å². The predicted octanol–water partition coefficient (Wildman–Crippen LogP) is 2.89. The highest BCUT2D eigenvalue weighted by atomic mass is 16.5. The highest BCUT2D eigenvalue weighted by Crippen LogP contribution is 2.16. The first kappa shape index (κ1) is 27.4. The van der Waals surface area contributed by atoms with Crippen molar-refractivity contribution >= 4 is 35.0 Å². The number of amides is 4. The third-order valence-corrected chi connectivity index (χ3v) is 5.43. The van der Waals surface area contributed by atoms with Crippen molar-refractivity contribution in [3.8, 4) is 11.8 Å². The van der Waals surface area contributed by atoms with Gasteiger partial charge in [-0.1, -0.05) is 17.7 Å². The van der Waals surface area contributed by atoms with Gasteiger partial charge in [0.2, 0.25) is 11.8 Å². The van der Waals surface area contributed by atoms with Crippen LogP contribution in [0.15, 0.2) is 72.8 Å². The Balaban J connectivity index is 1.59. The number of aryl methyl sites for hydroxylation is 1. The first-order valence-corrected chi connectivity index (χ1v) is 11.7. The Labute approximate surface area is 219 Å². The van der Waals surface area contributed by atoms with Crippen LogP contribution in [0.3, 0.4) is 0 Å². The molecular formula is C28H27N5O5. The molecule has 0 bridgehead atoms. The van der Waals surface area contributed by atoms with Gasteiger partial charge in [0.05, 0.1) is 18.1 Å². The van der Waals surface area contributed by atoms with Gasteiger partial charge < -0.3 is 26.4 Å². The molecule has 38 heavy (non-hydrogen) atoms. The van der Waals surface area contributed by atoms with Crippen LogP contribution in [0.25, 0.3) is 0 Å². The molecule has 0 spiro atoms. The number of benzene rings is 3. The molecule has 0 saturated heterocycles. The number of nitrogens with two attached hydrogens (primary N) is 1. The lowest BCUT2D eigenvalue weighted by atomic mass is 10.1. The topological polar surface area (TPSA) is 163 Å². The van der Waals surface area contributed by atoms with Crippen LogP contribution >= 0.6 is 0 Å². The van der Waals surface area contributed by atoms with Gasteiger partial charge in [0.25, 0.3) is 11.8 Å². The van der Waals surface area contributed by atoms with E-state index in [1.807, 2.05) is 25.1 Å². The maximum atomic E-state index is 12.8. The van der Waals surface area contributed by atoms with Crippen LogP contribution in [-0.4, -0.2) is 35.8 Å². The zero-order valence-electron chi connectivity index (χ0n) is 20.9. The van der Waals surface area contributed by atoms with Gasteiger partial charge in [-0.25, -0.2) is 0 Å². The molecule has 3 rings (SSSR count). The Morgan fingerprint density at radius 3 is 1.97 bits per heavy atom. The molecular weight excluding hydrogens is 486 g/mol. The van der Waals surface area contributed by atoms with E-state index in [2.05, 4.69) is 16.0 Å². The molecule has 10 heteroatoms. The maximum absolute atomic E-state index is 12.8. The second kappa shape index (κ2) is 12.7. The van der Waals surface area contributed by atoms with E-state index in [-0.39, 0.29) is 12.0 Å². The third kappa shape index (κ3) is 7.93. The molecule has 0 aromatic heterocycles. The van der Waals surface area contributed by atoms with Gasteiger partial charge in [-0.3, -0.25) is 19.2 Å². The first-order valence-electron chi connectivity index (χ1n) is 11.7. The van der Waals surface area contributed by atoms with E-state index in [4.69, 9.17) is 15.7 Å². The second-order valence-electron chi connectivity index (χ2n) is 8.51. The summed E-state index contributed by atoms with van der Waals surface area (Å²) >= 11 is 0. The molecule has 2 unspecified atom stereocenters. The highest BCUT2D eigenvalue weighted by Gasteiger charge is 2.24. The van der Waals surface area contributed by atoms with Crippen molar-refractivity contribution in [3.63, 3.8) is 0 Å². The van der Waals surface area contributed by atoms with Crippen molar-refractivity contribution in [2.24, 2.45) is 5.73 Å². The summed E-state index contributed by atoms with van der Waals surface area (Å²) in [6.07, 6.45) is -1.21. The second-order valence-corrected chi connectivity index (χ2v) is 8.51. The number of nitrogens with one attached hydrogen (secondary N) is 3. The minimum atomic E-state index is -1.18. The molecule has 0 heterocycles. The molecule has 0 radical (unpaired) electrons. The molecule has 3 aromatic carbocycles. The van der Waals surface area contributed by atoms with E-state index in [9.17, 15) is 19.2 Å². The molecule has 0 aliphatic rings. The van der Waals surface area contributed by atoms with Crippen LogP contribution in [0, 0.1) is 18.3 Å². The Morgan fingerprint density at radius 2 is 1.42 bits per heavy atom. The van der Waals surface area contributed by atoms with Crippen molar-refractivity contribution in [1.82, 2.24) is 5.32 Å². The summed E-state index contributed by atoms with van der Waals surface area (Å²) in [4.78, 5) is 49.5. The van der Waals surface area contributed by atoms with E-state index < -0.39 is 35.8 Å². The normalized spacial score (nSPS) is 11.8. The summed E-state index contributed by atoms with van der Waals surface area (Å²) in [5.41, 5.74) is 7.92. The van der Waals surface area contributed by atoms with Gasteiger partial charge in [-0.05, 0) is 74.5 Å². The largest absolute Gasteiger partial charge is 0.481 e. The fourth-order valence-electron chi connectivity index (χ4n) is 3.33. The summed E-state index contributed by atoms with van der Waals surface area (Å²) in [5.74, 6) is -1.90. The first-order chi connectivity index (χ1) is 18.1. The van der Waals surface area contributed by atoms with E-state index in [0.29, 0.717) is 22.7 Å². The number of hydrogen-bond donors (Lipinski definition) is 4. The highest BCUT2D eigenvalue weighted by molar-refractivity contribution is 6.03. The zero-order chi connectivity index (χ0) is 27.7. The number of rotatable bonds is 10. The van der Waals surface area contributed by atoms with Crippen molar-refractivity contribution < 1.29 is 23.9 Å². The van der Waals surface area contributed by atoms with Gasteiger partial charge in [-0.2, -0.15) is 5.26 Å². The number of carbonyl (C=O) groups excluding carboxylic acids is 4. The number of hydrogen-bond acceptors (Lipinski definition) is 6. The van der Waals surface area contributed by atoms with Crippen LogP contribution in [0.4, 0.5) is 11.4 Å². The molecule has 4 amide bonds. The minimum absolute atomic E-state index is 0.211. The quantitative estimate of drug-likeness (QED) is 0.326. The lowest BCUT2D eigenvalue weighted by Crippen LogP contribution is -2.46. The van der Waals surface area contributed by atoms with E-state index in [1.165, 1.54) is 24.3 Å². The Morgan fingerprint density at radius 1 is 0.868 bits per heavy atom. The summed E-state index contributed by atoms with van der Waals surface area (Å²) in [6, 6.07) is 20.2. The SMILES string of the molecule is Cc1ccc(NC(=O)C(CC(N)=O)NC(=O)c2ccc(NC(=O)C(C)Oc3ccc(C#N)cc3)cc2)cc1. The lowest BCUT2D eigenvalue weighted by molar-refractivity contribution is -0.123. The average molecular weight is 514 g/mol. The van der Waals surface area contributed by atoms with Crippen LogP contribution in [0.2, 0.25) is 0 Å². The van der Waals surface area contributed by atoms with Crippen LogP contribution in [0.1, 0.15) is 34.8 Å². The Kier molecular flexibility index (Phi) is 9.16. The Bertz CT molecular complexity index is 1350. The van der Waals surface area contributed by atoms with E-state index in [1.54, 1.807) is 43.3 Å². The van der Waals surface area contributed by atoms with Gasteiger partial charge in [0.15, 0.2) is 6.10 Å². The number of ether oxygens (including phenoxy) is 1. The van der Waals surface area contributed by atoms with Crippen molar-refractivity contribution in [2.45, 2.75) is 32.4 Å². The minimum Gasteiger partial charge on any atom is -0.481 e. The molecule has 3 aromatic rings. The number of carbonyl (C=O) groups is 4. The van der Waals surface area contributed by atoms with Gasteiger partial charge in [0, 0.05) is 16.9 Å². The summed E-state index contributed by atoms with van der Waals surface area (Å²) in [7, 11) is 0. The third-order valence-electron chi connectivity index (χ3n) is 5.43. The predicted molar refractivity (Wildman–Crippen MR) is 141 cm³/mol. The zero-order valence-corrected chi connectivity index (χ0v) is 20.9. The molecule has 194 valence electrons. The fraction of sp³-hybridized carbons (Fsp3) is 0.179. The number of nitrogens with zero attached hydrogens (tertiary/aromatic N) is 1. The summed E-state index contributed by atoms with van der Waals surface area (Å²) < 4.78 is 5.59. The maximum Gasteiger partial charge on any atom is 0.265 e. The van der Waals surface area contributed by atoms with Gasteiger partial charge in [0.1, 0.15) is 11.8 Å². The molecule has 0 saturated carbocycles. The Hall–Kier alpha value is -5.17. The van der Waals surface area contributed by atoms with Crippen LogP contribution in [-0.2, 0) is 14.4 Å². The fourth-order valence-corrected chi connectivity index (χ4v) is 3.33. The number of anilines is 2. The summed E-state index contributed by atoms with van der Waals surface area (Å²) in [5, 5.41) is 16.7. The molecule has 2 atom stereocenters. The van der Waals surface area contributed by atoms with Crippen molar-refractivity contribution in [1.29, 1.82) is 5.26 Å². The molecule has 0 fully saturated rings. The lowest BCUT2D eigenvalue weighted by Gasteiger charge is -2.18.